The molecule has 2 rings (SSSR count). The maximum absolute atomic E-state index is 13.3. The van der Waals surface area contributed by atoms with Crippen LogP contribution in [0.5, 0.6) is 0 Å². The van der Waals surface area contributed by atoms with E-state index in [2.05, 4.69) is 21.3 Å². The quantitative estimate of drug-likeness (QED) is 0.294. The molecule has 10 heteroatoms. The molecule has 0 saturated carbocycles. The lowest BCUT2D eigenvalue weighted by Crippen LogP contribution is -2.55. The van der Waals surface area contributed by atoms with E-state index >= 15 is 0 Å². The number of nitrogens with one attached hydrogen (secondary N) is 4. The Hall–Kier alpha value is -2.20. The number of hydrogen-bond acceptors (Lipinski definition) is 6. The van der Waals surface area contributed by atoms with E-state index in [4.69, 9.17) is 0 Å². The van der Waals surface area contributed by atoms with Crippen molar-refractivity contribution >= 4 is 23.6 Å². The van der Waals surface area contributed by atoms with Crippen molar-refractivity contribution in [3.05, 3.63) is 0 Å². The highest BCUT2D eigenvalue weighted by molar-refractivity contribution is 5.91. The predicted molar refractivity (Wildman–Crippen MR) is 131 cm³/mol. The molecule has 4 N–H and O–H groups in total. The molecule has 2 heterocycles. The van der Waals surface area contributed by atoms with Gasteiger partial charge in [0.1, 0.15) is 12.1 Å². The number of amides is 4. The standard InChI is InChI=1S/C24H44N6O4/c1-5-10-18(26-4)22(32)28-20(24(34)30-15-8-9-16-30)12-11-19(27-21(31)17(2)25-3)23(33)29-13-6-7-14-29/h17-20,25-26H,5-16H2,1-4H3,(H,27,31)(H,28,32)/t17-,18-,19-,20-/m0/s1. The summed E-state index contributed by atoms with van der Waals surface area (Å²) in [6.45, 7) is 6.47. The van der Waals surface area contributed by atoms with Gasteiger partial charge < -0.3 is 31.1 Å². The van der Waals surface area contributed by atoms with E-state index in [1.54, 1.807) is 30.8 Å². The lowest BCUT2D eigenvalue weighted by molar-refractivity contribution is -0.138. The number of carbonyl (C=O) groups is 4. The minimum atomic E-state index is -0.733. The summed E-state index contributed by atoms with van der Waals surface area (Å²) in [6.07, 6.45) is 5.88. The summed E-state index contributed by atoms with van der Waals surface area (Å²) >= 11 is 0. The van der Waals surface area contributed by atoms with E-state index in [9.17, 15) is 19.2 Å². The van der Waals surface area contributed by atoms with Gasteiger partial charge in [-0.2, -0.15) is 0 Å². The Bertz CT molecular complexity index is 691. The van der Waals surface area contributed by atoms with Crippen LogP contribution >= 0.6 is 0 Å². The topological polar surface area (TPSA) is 123 Å². The Morgan fingerprint density at radius 2 is 1.12 bits per heavy atom. The van der Waals surface area contributed by atoms with Crippen molar-refractivity contribution in [2.45, 2.75) is 89.4 Å². The van der Waals surface area contributed by atoms with Gasteiger partial charge in [-0.25, -0.2) is 0 Å². The zero-order chi connectivity index (χ0) is 25.1. The number of likely N-dealkylation sites (tertiary alicyclic amines) is 2. The molecule has 0 bridgehead atoms. The summed E-state index contributed by atoms with van der Waals surface area (Å²) in [6, 6.07) is -2.29. The first-order valence-electron chi connectivity index (χ1n) is 12.8. The Labute approximate surface area is 203 Å². The maximum atomic E-state index is 13.3. The molecule has 2 aliphatic heterocycles. The molecule has 4 atom stereocenters. The smallest absolute Gasteiger partial charge is 0.245 e. The van der Waals surface area contributed by atoms with Crippen molar-refractivity contribution in [1.29, 1.82) is 0 Å². The average Bonchev–Trinajstić information content (AvgIpc) is 3.57. The van der Waals surface area contributed by atoms with Crippen molar-refractivity contribution in [3.8, 4) is 0 Å². The van der Waals surface area contributed by atoms with Gasteiger partial charge in [0.2, 0.25) is 23.6 Å². The summed E-state index contributed by atoms with van der Waals surface area (Å²) in [5.74, 6) is -0.701. The molecule has 10 nitrogen and oxygen atoms in total. The Morgan fingerprint density at radius 3 is 1.50 bits per heavy atom. The number of likely N-dealkylation sites (N-methyl/N-ethyl adjacent to an activating group) is 2. The molecule has 0 unspecified atom stereocenters. The molecule has 34 heavy (non-hydrogen) atoms. The normalized spacial score (nSPS) is 19.4. The monoisotopic (exact) mass is 480 g/mol. The van der Waals surface area contributed by atoms with E-state index < -0.39 is 18.1 Å². The molecule has 2 saturated heterocycles. The summed E-state index contributed by atoms with van der Waals surface area (Å²) in [4.78, 5) is 55.5. The first-order chi connectivity index (χ1) is 16.3. The molecular weight excluding hydrogens is 436 g/mol. The molecule has 0 radical (unpaired) electrons. The van der Waals surface area contributed by atoms with E-state index in [0.29, 0.717) is 32.6 Å². The third-order valence-electron chi connectivity index (χ3n) is 6.88. The lowest BCUT2D eigenvalue weighted by atomic mass is 10.0. The molecule has 2 fully saturated rings. The van der Waals surface area contributed by atoms with Crippen LogP contribution in [-0.2, 0) is 19.2 Å². The largest absolute Gasteiger partial charge is 0.343 e. The van der Waals surface area contributed by atoms with Gasteiger partial charge in [0.15, 0.2) is 0 Å². The zero-order valence-electron chi connectivity index (χ0n) is 21.3. The molecule has 0 aromatic rings. The number of carbonyl (C=O) groups excluding carboxylic acids is 4. The van der Waals surface area contributed by atoms with Gasteiger partial charge in [-0.1, -0.05) is 13.3 Å². The van der Waals surface area contributed by atoms with Crippen molar-refractivity contribution in [2.24, 2.45) is 0 Å². The van der Waals surface area contributed by atoms with Crippen LogP contribution in [0, 0.1) is 0 Å². The van der Waals surface area contributed by atoms with Crippen LogP contribution in [0.3, 0.4) is 0 Å². The van der Waals surface area contributed by atoms with Gasteiger partial charge in [0, 0.05) is 26.2 Å². The van der Waals surface area contributed by atoms with Crippen LogP contribution in [-0.4, -0.2) is 97.9 Å². The Balaban J connectivity index is 2.15. The lowest BCUT2D eigenvalue weighted by Gasteiger charge is -2.29. The number of rotatable bonds is 13. The molecule has 194 valence electrons. The van der Waals surface area contributed by atoms with Gasteiger partial charge >= 0.3 is 0 Å². The summed E-state index contributed by atoms with van der Waals surface area (Å²) < 4.78 is 0. The second-order valence-electron chi connectivity index (χ2n) is 9.40. The first-order valence-corrected chi connectivity index (χ1v) is 12.8. The minimum absolute atomic E-state index is 0.112. The molecule has 4 amide bonds. The second-order valence-corrected chi connectivity index (χ2v) is 9.40. The Kier molecular flexibility index (Phi) is 11.8. The number of nitrogens with zero attached hydrogens (tertiary/aromatic N) is 2. The minimum Gasteiger partial charge on any atom is -0.343 e. The van der Waals surface area contributed by atoms with Gasteiger partial charge in [-0.3, -0.25) is 19.2 Å². The van der Waals surface area contributed by atoms with Gasteiger partial charge in [0.05, 0.1) is 12.1 Å². The second kappa shape index (κ2) is 14.3. The summed E-state index contributed by atoms with van der Waals surface area (Å²) in [5.41, 5.74) is 0. The van der Waals surface area contributed by atoms with Gasteiger partial charge in [-0.15, -0.1) is 0 Å². The van der Waals surface area contributed by atoms with Crippen molar-refractivity contribution in [2.75, 3.05) is 40.3 Å². The predicted octanol–water partition coefficient (Wildman–Crippen LogP) is -0.0230. The highest BCUT2D eigenvalue weighted by Crippen LogP contribution is 2.16. The maximum Gasteiger partial charge on any atom is 0.245 e. The molecule has 2 aliphatic rings. The fraction of sp³-hybridized carbons (Fsp3) is 0.833. The van der Waals surface area contributed by atoms with Crippen LogP contribution in [0.2, 0.25) is 0 Å². The fourth-order valence-electron chi connectivity index (χ4n) is 4.56. The highest BCUT2D eigenvalue weighted by Gasteiger charge is 2.33. The summed E-state index contributed by atoms with van der Waals surface area (Å²) in [7, 11) is 3.43. The molecular formula is C24H44N6O4. The third kappa shape index (κ3) is 7.94. The molecule has 0 aromatic heterocycles. The van der Waals surface area contributed by atoms with Crippen molar-refractivity contribution in [1.82, 2.24) is 31.1 Å². The van der Waals surface area contributed by atoms with Crippen LogP contribution < -0.4 is 21.3 Å². The highest BCUT2D eigenvalue weighted by atomic mass is 16.2. The number of hydrogen-bond donors (Lipinski definition) is 4. The van der Waals surface area contributed by atoms with E-state index in [0.717, 1.165) is 32.1 Å². The summed E-state index contributed by atoms with van der Waals surface area (Å²) in [5, 5.41) is 11.7. The SMILES string of the molecule is CCC[C@H](NC)C(=O)N[C@@H](CC[C@H](NC(=O)[C@H](C)NC)C(=O)N1CCCC1)C(=O)N1CCCC1. The van der Waals surface area contributed by atoms with E-state index in [1.165, 1.54) is 0 Å². The van der Waals surface area contributed by atoms with Crippen LogP contribution in [0.25, 0.3) is 0 Å². The average molecular weight is 481 g/mol. The van der Waals surface area contributed by atoms with Gasteiger partial charge in [-0.05, 0) is 66.0 Å². The zero-order valence-corrected chi connectivity index (χ0v) is 21.3. The van der Waals surface area contributed by atoms with Crippen LogP contribution in [0.4, 0.5) is 0 Å². The molecule has 0 aliphatic carbocycles. The third-order valence-corrected chi connectivity index (χ3v) is 6.88. The fourth-order valence-corrected chi connectivity index (χ4v) is 4.56. The van der Waals surface area contributed by atoms with Crippen LogP contribution in [0.15, 0.2) is 0 Å². The molecule has 0 aromatic carbocycles. The first kappa shape index (κ1) is 28.0. The van der Waals surface area contributed by atoms with Crippen LogP contribution in [0.1, 0.15) is 65.2 Å². The van der Waals surface area contributed by atoms with Crippen molar-refractivity contribution < 1.29 is 19.2 Å². The Morgan fingerprint density at radius 1 is 0.676 bits per heavy atom. The van der Waals surface area contributed by atoms with Gasteiger partial charge in [0.25, 0.3) is 0 Å². The van der Waals surface area contributed by atoms with Crippen molar-refractivity contribution in [3.63, 3.8) is 0 Å². The molecule has 0 spiro atoms. The van der Waals surface area contributed by atoms with E-state index in [1.807, 2.05) is 6.92 Å². The van der Waals surface area contributed by atoms with E-state index in [-0.39, 0.29) is 42.5 Å².